The molecule has 0 heterocycles. The molecule has 0 aromatic heterocycles. The Morgan fingerprint density at radius 3 is 2.39 bits per heavy atom. The fourth-order valence-electron chi connectivity index (χ4n) is 1.78. The molecule has 102 valence electrons. The maximum absolute atomic E-state index is 12.3. The van der Waals surface area contributed by atoms with Crippen LogP contribution in [0, 0.1) is 6.92 Å². The molecule has 1 aromatic carbocycles. The van der Waals surface area contributed by atoms with Crippen molar-refractivity contribution in [2.24, 2.45) is 0 Å². The minimum atomic E-state index is -2.96. The van der Waals surface area contributed by atoms with Gasteiger partial charge < -0.3 is 14.8 Å². The standard InChI is InChI=1S/C13H22NO3P/c1-4-16-18(15,17-5-2)9-8-12-10-13(14)7-6-11(12)3/h6-7,10H,4-5,8-9,14H2,1-3H3. The Hall–Kier alpha value is -0.830. The second-order valence-electron chi connectivity index (χ2n) is 4.11. The molecular weight excluding hydrogens is 249 g/mol. The first-order valence-corrected chi connectivity index (χ1v) is 7.96. The van der Waals surface area contributed by atoms with Gasteiger partial charge in [0.05, 0.1) is 19.4 Å². The highest BCUT2D eigenvalue weighted by Crippen LogP contribution is 2.48. The van der Waals surface area contributed by atoms with Gasteiger partial charge in [0.2, 0.25) is 0 Å². The van der Waals surface area contributed by atoms with Crippen LogP contribution < -0.4 is 5.73 Å². The van der Waals surface area contributed by atoms with Gasteiger partial charge in [-0.25, -0.2) is 0 Å². The van der Waals surface area contributed by atoms with E-state index in [0.717, 1.165) is 16.8 Å². The Morgan fingerprint density at radius 2 is 1.83 bits per heavy atom. The predicted octanol–water partition coefficient (Wildman–Crippen LogP) is 3.39. The third-order valence-corrected chi connectivity index (χ3v) is 4.75. The third-order valence-electron chi connectivity index (χ3n) is 2.68. The number of hydrogen-bond acceptors (Lipinski definition) is 4. The van der Waals surface area contributed by atoms with Crippen LogP contribution in [0.25, 0.3) is 0 Å². The average Bonchev–Trinajstić information content (AvgIpc) is 2.31. The fourth-order valence-corrected chi connectivity index (χ4v) is 3.41. The van der Waals surface area contributed by atoms with E-state index in [0.29, 0.717) is 25.8 Å². The van der Waals surface area contributed by atoms with Crippen molar-refractivity contribution in [2.45, 2.75) is 27.2 Å². The maximum atomic E-state index is 12.3. The van der Waals surface area contributed by atoms with Crippen molar-refractivity contribution in [3.8, 4) is 0 Å². The molecule has 0 bridgehead atoms. The first-order chi connectivity index (χ1) is 8.50. The van der Waals surface area contributed by atoms with Gasteiger partial charge in [-0.15, -0.1) is 0 Å². The quantitative estimate of drug-likeness (QED) is 0.610. The monoisotopic (exact) mass is 271 g/mol. The highest BCUT2D eigenvalue weighted by atomic mass is 31.2. The highest BCUT2D eigenvalue weighted by molar-refractivity contribution is 7.53. The van der Waals surface area contributed by atoms with Gasteiger partial charge in [0.1, 0.15) is 0 Å². The zero-order valence-electron chi connectivity index (χ0n) is 11.3. The number of nitrogens with two attached hydrogens (primary N) is 1. The zero-order valence-corrected chi connectivity index (χ0v) is 12.2. The van der Waals surface area contributed by atoms with Crippen LogP contribution in [0.2, 0.25) is 0 Å². The first kappa shape index (κ1) is 15.2. The smallest absolute Gasteiger partial charge is 0.330 e. The van der Waals surface area contributed by atoms with Crippen LogP contribution in [0.4, 0.5) is 5.69 Å². The molecule has 0 atom stereocenters. The lowest BCUT2D eigenvalue weighted by Gasteiger charge is -2.17. The summed E-state index contributed by atoms with van der Waals surface area (Å²) in [6.45, 7) is 6.44. The van der Waals surface area contributed by atoms with Gasteiger partial charge in [-0.05, 0) is 50.5 Å². The molecule has 0 radical (unpaired) electrons. The van der Waals surface area contributed by atoms with Crippen LogP contribution in [0.1, 0.15) is 25.0 Å². The number of rotatable bonds is 7. The molecular formula is C13H22NO3P. The molecule has 0 unspecified atom stereocenters. The van der Waals surface area contributed by atoms with E-state index in [1.807, 2.05) is 39.0 Å². The van der Waals surface area contributed by atoms with Crippen molar-refractivity contribution in [3.63, 3.8) is 0 Å². The van der Waals surface area contributed by atoms with Gasteiger partial charge in [0.25, 0.3) is 0 Å². The molecule has 0 saturated heterocycles. The summed E-state index contributed by atoms with van der Waals surface area (Å²) in [7, 11) is -2.96. The highest BCUT2D eigenvalue weighted by Gasteiger charge is 2.23. The Kier molecular flexibility index (Phi) is 5.86. The molecule has 1 rings (SSSR count). The molecule has 5 heteroatoms. The topological polar surface area (TPSA) is 61.5 Å². The van der Waals surface area contributed by atoms with Gasteiger partial charge in [-0.1, -0.05) is 6.07 Å². The van der Waals surface area contributed by atoms with Crippen LogP contribution in [0.5, 0.6) is 0 Å². The summed E-state index contributed by atoms with van der Waals surface area (Å²) in [4.78, 5) is 0. The largest absolute Gasteiger partial charge is 0.399 e. The summed E-state index contributed by atoms with van der Waals surface area (Å²) in [6.07, 6.45) is 1.03. The third kappa shape index (κ3) is 4.45. The van der Waals surface area contributed by atoms with Crippen molar-refractivity contribution in [1.29, 1.82) is 0 Å². The molecule has 4 nitrogen and oxygen atoms in total. The Labute approximate surface area is 109 Å². The second kappa shape index (κ2) is 6.93. The van der Waals surface area contributed by atoms with E-state index in [4.69, 9.17) is 14.8 Å². The molecule has 0 aliphatic carbocycles. The van der Waals surface area contributed by atoms with Crippen molar-refractivity contribution < 1.29 is 13.6 Å². The van der Waals surface area contributed by atoms with Gasteiger partial charge in [0, 0.05) is 5.69 Å². The van der Waals surface area contributed by atoms with Crippen molar-refractivity contribution in [2.75, 3.05) is 25.1 Å². The number of anilines is 1. The van der Waals surface area contributed by atoms with Gasteiger partial charge in [-0.2, -0.15) is 0 Å². The van der Waals surface area contributed by atoms with Crippen molar-refractivity contribution in [3.05, 3.63) is 29.3 Å². The van der Waals surface area contributed by atoms with E-state index in [2.05, 4.69) is 0 Å². The molecule has 0 aliphatic rings. The van der Waals surface area contributed by atoms with E-state index in [-0.39, 0.29) is 0 Å². The van der Waals surface area contributed by atoms with Crippen LogP contribution in [0.3, 0.4) is 0 Å². The normalized spacial score (nSPS) is 11.7. The molecule has 0 aliphatic heterocycles. The van der Waals surface area contributed by atoms with Crippen LogP contribution in [-0.4, -0.2) is 19.4 Å². The fraction of sp³-hybridized carbons (Fsp3) is 0.538. The maximum Gasteiger partial charge on any atom is 0.330 e. The summed E-state index contributed by atoms with van der Waals surface area (Å²) >= 11 is 0. The SMILES string of the molecule is CCOP(=O)(CCc1cc(N)ccc1C)OCC. The Balaban J connectivity index is 2.72. The number of aryl methyl sites for hydroxylation is 2. The van der Waals surface area contributed by atoms with Gasteiger partial charge in [-0.3, -0.25) is 4.57 Å². The minimum Gasteiger partial charge on any atom is -0.399 e. The predicted molar refractivity (Wildman–Crippen MR) is 75.0 cm³/mol. The molecule has 0 spiro atoms. The van der Waals surface area contributed by atoms with Gasteiger partial charge in [0.15, 0.2) is 0 Å². The minimum absolute atomic E-state index is 0.388. The van der Waals surface area contributed by atoms with Gasteiger partial charge >= 0.3 is 7.60 Å². The summed E-state index contributed by atoms with van der Waals surface area (Å²) < 4.78 is 22.8. The first-order valence-electron chi connectivity index (χ1n) is 6.24. The Morgan fingerprint density at radius 1 is 1.22 bits per heavy atom. The second-order valence-corrected chi connectivity index (χ2v) is 6.29. The molecule has 0 amide bonds. The number of benzene rings is 1. The summed E-state index contributed by atoms with van der Waals surface area (Å²) in [5, 5.41) is 0. The summed E-state index contributed by atoms with van der Waals surface area (Å²) in [6, 6.07) is 5.75. The molecule has 2 N–H and O–H groups in total. The molecule has 0 saturated carbocycles. The van der Waals surface area contributed by atoms with E-state index < -0.39 is 7.60 Å². The summed E-state index contributed by atoms with van der Waals surface area (Å²) in [5.74, 6) is 0. The lowest BCUT2D eigenvalue weighted by atomic mass is 10.1. The lowest BCUT2D eigenvalue weighted by Crippen LogP contribution is -2.04. The number of hydrogen-bond donors (Lipinski definition) is 1. The van der Waals surface area contributed by atoms with Crippen molar-refractivity contribution >= 4 is 13.3 Å². The van der Waals surface area contributed by atoms with E-state index in [9.17, 15) is 4.57 Å². The number of nitrogen functional groups attached to an aromatic ring is 1. The molecule has 0 fully saturated rings. The summed E-state index contributed by atoms with van der Waals surface area (Å²) in [5.41, 5.74) is 8.71. The van der Waals surface area contributed by atoms with Crippen molar-refractivity contribution in [1.82, 2.24) is 0 Å². The van der Waals surface area contributed by atoms with E-state index in [1.165, 1.54) is 0 Å². The van der Waals surface area contributed by atoms with E-state index in [1.54, 1.807) is 0 Å². The van der Waals surface area contributed by atoms with Crippen LogP contribution in [-0.2, 0) is 20.0 Å². The van der Waals surface area contributed by atoms with Crippen LogP contribution in [0.15, 0.2) is 18.2 Å². The average molecular weight is 271 g/mol. The Bertz CT molecular complexity index is 424. The lowest BCUT2D eigenvalue weighted by molar-refractivity contribution is 0.220. The van der Waals surface area contributed by atoms with E-state index >= 15 is 0 Å². The molecule has 18 heavy (non-hydrogen) atoms. The molecule has 1 aromatic rings. The zero-order chi connectivity index (χ0) is 13.6. The van der Waals surface area contributed by atoms with Crippen LogP contribution >= 0.6 is 7.60 Å².